The molecule has 0 aliphatic heterocycles. The fourth-order valence-corrected chi connectivity index (χ4v) is 1.81. The van der Waals surface area contributed by atoms with Crippen molar-refractivity contribution < 1.29 is 23.5 Å². The predicted octanol–water partition coefficient (Wildman–Crippen LogP) is 1.55. The van der Waals surface area contributed by atoms with E-state index in [1.807, 2.05) is 0 Å². The molecule has 1 unspecified atom stereocenters. The van der Waals surface area contributed by atoms with E-state index in [2.05, 4.69) is 10.1 Å². The molecular formula is C14H17ClN2O5. The third-order valence-corrected chi connectivity index (χ3v) is 2.85. The fourth-order valence-electron chi connectivity index (χ4n) is 1.81. The van der Waals surface area contributed by atoms with Gasteiger partial charge in [0.15, 0.2) is 0 Å². The molecule has 2 rings (SSSR count). The number of furan rings is 1. The normalized spacial score (nSPS) is 11.6. The molecule has 2 aromatic rings. The third-order valence-electron chi connectivity index (χ3n) is 2.85. The van der Waals surface area contributed by atoms with Gasteiger partial charge in [-0.1, -0.05) is 0 Å². The quantitative estimate of drug-likeness (QED) is 0.807. The Morgan fingerprint density at radius 2 is 2.05 bits per heavy atom. The van der Waals surface area contributed by atoms with Crippen molar-refractivity contribution in [1.29, 1.82) is 0 Å². The molecule has 0 radical (unpaired) electrons. The Morgan fingerprint density at radius 3 is 2.68 bits per heavy atom. The number of benzene rings is 1. The highest BCUT2D eigenvalue weighted by Crippen LogP contribution is 2.23. The average molecular weight is 329 g/mol. The molecule has 0 spiro atoms. The van der Waals surface area contributed by atoms with Crippen LogP contribution in [0.1, 0.15) is 10.6 Å². The first-order valence-electron chi connectivity index (χ1n) is 6.22. The van der Waals surface area contributed by atoms with Crippen molar-refractivity contribution in [3.63, 3.8) is 0 Å². The van der Waals surface area contributed by atoms with Gasteiger partial charge in [0.05, 0.1) is 13.7 Å². The minimum absolute atomic E-state index is 0. The number of hydrogen-bond acceptors (Lipinski definition) is 6. The molecule has 0 saturated heterocycles. The number of ether oxygens (including phenoxy) is 2. The summed E-state index contributed by atoms with van der Waals surface area (Å²) in [6.07, 6.45) is 0. The molecule has 0 aliphatic carbocycles. The topological polar surface area (TPSA) is 104 Å². The maximum absolute atomic E-state index is 11.8. The lowest BCUT2D eigenvalue weighted by atomic mass is 10.2. The second-order valence-electron chi connectivity index (χ2n) is 4.41. The van der Waals surface area contributed by atoms with Crippen LogP contribution in [0.2, 0.25) is 0 Å². The average Bonchev–Trinajstić information content (AvgIpc) is 2.89. The zero-order chi connectivity index (χ0) is 15.4. The minimum Gasteiger partial charge on any atom is -0.463 e. The first-order chi connectivity index (χ1) is 10.0. The summed E-state index contributed by atoms with van der Waals surface area (Å²) < 4.78 is 14.7. The molecule has 0 aliphatic rings. The van der Waals surface area contributed by atoms with Gasteiger partial charge in [0, 0.05) is 18.2 Å². The standard InChI is InChI=1S/C14H16N2O5.ClH/c1-19-7-10(15)13(17)16-9-3-4-11-8(5-9)6-12(21-11)14(18)20-2;/h3-6,10H,7,15H2,1-2H3,(H,16,17);1H. The monoisotopic (exact) mass is 328 g/mol. The largest absolute Gasteiger partial charge is 0.463 e. The highest BCUT2D eigenvalue weighted by atomic mass is 35.5. The van der Waals surface area contributed by atoms with Crippen LogP contribution in [0.4, 0.5) is 5.69 Å². The van der Waals surface area contributed by atoms with Crippen LogP contribution in [0, 0.1) is 0 Å². The first kappa shape index (κ1) is 18.0. The summed E-state index contributed by atoms with van der Waals surface area (Å²) in [4.78, 5) is 23.2. The van der Waals surface area contributed by atoms with Crippen LogP contribution in [0.25, 0.3) is 11.0 Å². The number of rotatable bonds is 5. The number of anilines is 1. The zero-order valence-corrected chi connectivity index (χ0v) is 12.9. The van der Waals surface area contributed by atoms with E-state index in [0.717, 1.165) is 0 Å². The van der Waals surface area contributed by atoms with E-state index in [1.165, 1.54) is 14.2 Å². The number of amides is 1. The van der Waals surface area contributed by atoms with Crippen molar-refractivity contribution in [2.45, 2.75) is 6.04 Å². The summed E-state index contributed by atoms with van der Waals surface area (Å²) in [6.45, 7) is 0.131. The number of nitrogens with one attached hydrogen (secondary N) is 1. The van der Waals surface area contributed by atoms with Crippen LogP contribution in [0.15, 0.2) is 28.7 Å². The van der Waals surface area contributed by atoms with Gasteiger partial charge >= 0.3 is 5.97 Å². The Kier molecular flexibility index (Phi) is 6.36. The molecule has 0 saturated carbocycles. The number of nitrogens with two attached hydrogens (primary N) is 1. The van der Waals surface area contributed by atoms with Gasteiger partial charge in [-0.3, -0.25) is 4.79 Å². The van der Waals surface area contributed by atoms with Gasteiger partial charge in [-0.15, -0.1) is 12.4 Å². The van der Waals surface area contributed by atoms with Crippen molar-refractivity contribution in [2.75, 3.05) is 26.1 Å². The van der Waals surface area contributed by atoms with Gasteiger partial charge in [0.2, 0.25) is 11.7 Å². The van der Waals surface area contributed by atoms with Gasteiger partial charge in [-0.05, 0) is 24.3 Å². The number of fused-ring (bicyclic) bond motifs is 1. The molecule has 1 amide bonds. The minimum atomic E-state index is -0.749. The van der Waals surface area contributed by atoms with Gasteiger partial charge in [0.1, 0.15) is 11.6 Å². The highest BCUT2D eigenvalue weighted by molar-refractivity contribution is 5.98. The molecule has 120 valence electrons. The Labute approximate surface area is 133 Å². The lowest BCUT2D eigenvalue weighted by Crippen LogP contribution is -2.39. The number of carbonyl (C=O) groups is 2. The van der Waals surface area contributed by atoms with E-state index < -0.39 is 12.0 Å². The third kappa shape index (κ3) is 3.97. The maximum atomic E-state index is 11.8. The van der Waals surface area contributed by atoms with E-state index in [0.29, 0.717) is 16.7 Å². The van der Waals surface area contributed by atoms with E-state index in [-0.39, 0.29) is 30.7 Å². The van der Waals surface area contributed by atoms with Crippen LogP contribution in [0.5, 0.6) is 0 Å². The smallest absolute Gasteiger partial charge is 0.373 e. The molecular weight excluding hydrogens is 312 g/mol. The molecule has 7 nitrogen and oxygen atoms in total. The van der Waals surface area contributed by atoms with E-state index >= 15 is 0 Å². The van der Waals surface area contributed by atoms with Crippen molar-refractivity contribution in [3.8, 4) is 0 Å². The molecule has 1 aromatic heterocycles. The molecule has 1 heterocycles. The van der Waals surface area contributed by atoms with Gasteiger partial charge < -0.3 is 24.9 Å². The van der Waals surface area contributed by atoms with E-state index in [4.69, 9.17) is 14.9 Å². The maximum Gasteiger partial charge on any atom is 0.373 e. The summed E-state index contributed by atoms with van der Waals surface area (Å²) in [6, 6.07) is 5.79. The summed E-state index contributed by atoms with van der Waals surface area (Å²) >= 11 is 0. The summed E-state index contributed by atoms with van der Waals surface area (Å²) in [5.74, 6) is -0.807. The number of esters is 1. The molecule has 0 bridgehead atoms. The van der Waals surface area contributed by atoms with Gasteiger partial charge in [0.25, 0.3) is 0 Å². The Balaban J connectivity index is 0.00000242. The molecule has 1 atom stereocenters. The van der Waals surface area contributed by atoms with Crippen molar-refractivity contribution in [3.05, 3.63) is 30.0 Å². The first-order valence-corrected chi connectivity index (χ1v) is 6.22. The Hall–Kier alpha value is -2.09. The molecule has 8 heteroatoms. The number of halogens is 1. The Bertz CT molecular complexity index is 670. The molecule has 3 N–H and O–H groups in total. The molecule has 1 aromatic carbocycles. The van der Waals surface area contributed by atoms with Crippen molar-refractivity contribution >= 4 is 40.9 Å². The second-order valence-corrected chi connectivity index (χ2v) is 4.41. The van der Waals surface area contributed by atoms with Gasteiger partial charge in [-0.25, -0.2) is 4.79 Å². The lowest BCUT2D eigenvalue weighted by Gasteiger charge is -2.11. The summed E-state index contributed by atoms with van der Waals surface area (Å²) in [5.41, 5.74) is 6.71. The van der Waals surface area contributed by atoms with Crippen LogP contribution >= 0.6 is 12.4 Å². The fraction of sp³-hybridized carbons (Fsp3) is 0.286. The molecule has 22 heavy (non-hydrogen) atoms. The van der Waals surface area contributed by atoms with Crippen LogP contribution in [-0.2, 0) is 14.3 Å². The Morgan fingerprint density at radius 1 is 1.32 bits per heavy atom. The number of methoxy groups -OCH3 is 2. The van der Waals surface area contributed by atoms with E-state index in [1.54, 1.807) is 24.3 Å². The molecule has 0 fully saturated rings. The van der Waals surface area contributed by atoms with Crippen molar-refractivity contribution in [2.24, 2.45) is 5.73 Å². The van der Waals surface area contributed by atoms with Crippen LogP contribution < -0.4 is 11.1 Å². The van der Waals surface area contributed by atoms with Gasteiger partial charge in [-0.2, -0.15) is 0 Å². The SMILES string of the molecule is COCC(N)C(=O)Nc1ccc2oc(C(=O)OC)cc2c1.Cl. The van der Waals surface area contributed by atoms with E-state index in [9.17, 15) is 9.59 Å². The van der Waals surface area contributed by atoms with Crippen LogP contribution in [-0.4, -0.2) is 38.7 Å². The number of carbonyl (C=O) groups excluding carboxylic acids is 2. The zero-order valence-electron chi connectivity index (χ0n) is 12.1. The van der Waals surface area contributed by atoms with Crippen molar-refractivity contribution in [1.82, 2.24) is 0 Å². The second kappa shape index (κ2) is 7.79. The highest BCUT2D eigenvalue weighted by Gasteiger charge is 2.15. The van der Waals surface area contributed by atoms with Crippen LogP contribution in [0.3, 0.4) is 0 Å². The lowest BCUT2D eigenvalue weighted by molar-refractivity contribution is -0.118. The predicted molar refractivity (Wildman–Crippen MR) is 83.3 cm³/mol. The summed E-state index contributed by atoms with van der Waals surface area (Å²) in [7, 11) is 2.75. The number of hydrogen-bond donors (Lipinski definition) is 2. The summed E-state index contributed by atoms with van der Waals surface area (Å²) in [5, 5.41) is 3.34.